The van der Waals surface area contributed by atoms with Gasteiger partial charge in [0.25, 0.3) is 0 Å². The molecular weight excluding hydrogens is 316 g/mol. The molecule has 0 saturated carbocycles. The van der Waals surface area contributed by atoms with E-state index in [0.29, 0.717) is 6.54 Å². The van der Waals surface area contributed by atoms with Crippen LogP contribution in [-0.2, 0) is 10.0 Å². The number of hydrogen-bond donors (Lipinski definition) is 2. The highest BCUT2D eigenvalue weighted by atomic mass is 79.9. The Morgan fingerprint density at radius 3 is 2.72 bits per heavy atom. The molecule has 4 nitrogen and oxygen atoms in total. The Bertz CT molecular complexity index is 477. The van der Waals surface area contributed by atoms with Crippen LogP contribution in [0.2, 0.25) is 0 Å². The molecule has 0 radical (unpaired) electrons. The second-order valence-electron chi connectivity index (χ2n) is 4.15. The lowest BCUT2D eigenvalue weighted by Gasteiger charge is -2.16. The van der Waals surface area contributed by atoms with E-state index >= 15 is 0 Å². The number of unbranched alkanes of at least 4 members (excludes halogenated alkanes) is 1. The van der Waals surface area contributed by atoms with Crippen molar-refractivity contribution in [2.24, 2.45) is 5.73 Å². The van der Waals surface area contributed by atoms with Gasteiger partial charge in [0.15, 0.2) is 0 Å². The van der Waals surface area contributed by atoms with E-state index in [2.05, 4.69) is 27.6 Å². The summed E-state index contributed by atoms with van der Waals surface area (Å²) in [6, 6.07) is 6.43. The average molecular weight is 335 g/mol. The van der Waals surface area contributed by atoms with Gasteiger partial charge in [-0.15, -0.1) is 0 Å². The molecule has 1 aromatic carbocycles. The van der Waals surface area contributed by atoms with E-state index in [9.17, 15) is 8.42 Å². The summed E-state index contributed by atoms with van der Waals surface area (Å²) in [5.74, 6) is 0. The summed E-state index contributed by atoms with van der Waals surface area (Å²) < 4.78 is 27.6. The Balaban J connectivity index is 2.80. The lowest BCUT2D eigenvalue weighted by Crippen LogP contribution is -2.40. The lowest BCUT2D eigenvalue weighted by molar-refractivity contribution is 0.516. The first-order valence-corrected chi connectivity index (χ1v) is 8.25. The Hall–Kier alpha value is -0.430. The van der Waals surface area contributed by atoms with Crippen LogP contribution in [0.5, 0.6) is 0 Å². The molecule has 0 saturated heterocycles. The van der Waals surface area contributed by atoms with Crippen LogP contribution in [-0.4, -0.2) is 21.0 Å². The fourth-order valence-corrected chi connectivity index (χ4v) is 3.48. The molecule has 0 aromatic heterocycles. The van der Waals surface area contributed by atoms with Crippen LogP contribution in [0, 0.1) is 0 Å². The first-order chi connectivity index (χ1) is 8.49. The van der Waals surface area contributed by atoms with Crippen LogP contribution in [0.15, 0.2) is 33.6 Å². The topological polar surface area (TPSA) is 72.2 Å². The second kappa shape index (κ2) is 7.23. The van der Waals surface area contributed by atoms with E-state index in [1.165, 1.54) is 0 Å². The van der Waals surface area contributed by atoms with Crippen molar-refractivity contribution in [2.45, 2.75) is 37.1 Å². The Labute approximate surface area is 117 Å². The molecule has 102 valence electrons. The lowest BCUT2D eigenvalue weighted by atomic mass is 10.1. The summed E-state index contributed by atoms with van der Waals surface area (Å²) in [7, 11) is -3.48. The summed E-state index contributed by atoms with van der Waals surface area (Å²) >= 11 is 3.26. The highest BCUT2D eigenvalue weighted by Gasteiger charge is 2.18. The van der Waals surface area contributed by atoms with Crippen LogP contribution < -0.4 is 10.5 Å². The first kappa shape index (κ1) is 15.6. The number of nitrogens with one attached hydrogen (secondary N) is 1. The van der Waals surface area contributed by atoms with Crippen molar-refractivity contribution in [3.8, 4) is 0 Å². The zero-order valence-electron chi connectivity index (χ0n) is 10.4. The van der Waals surface area contributed by atoms with Gasteiger partial charge in [-0.2, -0.15) is 0 Å². The van der Waals surface area contributed by atoms with Crippen LogP contribution in [0.1, 0.15) is 26.2 Å². The molecule has 0 amide bonds. The molecule has 0 aliphatic rings. The molecular formula is C12H19BrN2O2S. The van der Waals surface area contributed by atoms with Crippen LogP contribution in [0.3, 0.4) is 0 Å². The van der Waals surface area contributed by atoms with Crippen molar-refractivity contribution in [2.75, 3.05) is 6.54 Å². The fraction of sp³-hybridized carbons (Fsp3) is 0.500. The van der Waals surface area contributed by atoms with Gasteiger partial charge in [-0.1, -0.05) is 41.8 Å². The number of rotatable bonds is 7. The molecule has 0 fully saturated rings. The van der Waals surface area contributed by atoms with Gasteiger partial charge in [-0.25, -0.2) is 13.1 Å². The first-order valence-electron chi connectivity index (χ1n) is 5.97. The molecule has 18 heavy (non-hydrogen) atoms. The summed E-state index contributed by atoms with van der Waals surface area (Å²) in [6.45, 7) is 2.38. The second-order valence-corrected chi connectivity index (χ2v) is 6.78. The van der Waals surface area contributed by atoms with E-state index in [4.69, 9.17) is 5.73 Å². The molecule has 1 rings (SSSR count). The number of hydrogen-bond acceptors (Lipinski definition) is 3. The standard InChI is InChI=1S/C12H19BrN2O2S/c1-2-3-6-11(9-14)15-18(16,17)12-7-4-5-10(13)8-12/h4-5,7-8,11,15H,2-3,6,9,14H2,1H3. The summed E-state index contributed by atoms with van der Waals surface area (Å²) in [4.78, 5) is 0.256. The predicted molar refractivity (Wildman–Crippen MR) is 76.8 cm³/mol. The molecule has 1 unspecified atom stereocenters. The van der Waals surface area contributed by atoms with E-state index in [1.807, 2.05) is 0 Å². The molecule has 0 aliphatic heterocycles. The van der Waals surface area contributed by atoms with Crippen LogP contribution in [0.4, 0.5) is 0 Å². The van der Waals surface area contributed by atoms with Gasteiger partial charge in [0, 0.05) is 17.1 Å². The van der Waals surface area contributed by atoms with Gasteiger partial charge in [0.2, 0.25) is 10.0 Å². The summed E-state index contributed by atoms with van der Waals surface area (Å²) in [6.07, 6.45) is 2.75. The third kappa shape index (κ3) is 4.68. The van der Waals surface area contributed by atoms with Gasteiger partial charge in [-0.3, -0.25) is 0 Å². The zero-order valence-corrected chi connectivity index (χ0v) is 12.8. The molecule has 1 aromatic rings. The monoisotopic (exact) mass is 334 g/mol. The van der Waals surface area contributed by atoms with Crippen molar-refractivity contribution in [1.82, 2.24) is 4.72 Å². The Kier molecular flexibility index (Phi) is 6.28. The number of sulfonamides is 1. The molecule has 1 atom stereocenters. The molecule has 0 aliphatic carbocycles. The van der Waals surface area contributed by atoms with E-state index in [-0.39, 0.29) is 10.9 Å². The van der Waals surface area contributed by atoms with Gasteiger partial charge in [-0.05, 0) is 24.6 Å². The quantitative estimate of drug-likeness (QED) is 0.803. The summed E-state index contributed by atoms with van der Waals surface area (Å²) in [5, 5.41) is 0. The number of benzene rings is 1. The predicted octanol–water partition coefficient (Wildman–Crippen LogP) is 2.24. The minimum Gasteiger partial charge on any atom is -0.329 e. The molecule has 6 heteroatoms. The fourth-order valence-electron chi connectivity index (χ4n) is 1.60. The maximum absolute atomic E-state index is 12.1. The molecule has 3 N–H and O–H groups in total. The van der Waals surface area contributed by atoms with Crippen LogP contribution in [0.25, 0.3) is 0 Å². The smallest absolute Gasteiger partial charge is 0.240 e. The Morgan fingerprint density at radius 2 is 2.17 bits per heavy atom. The van der Waals surface area contributed by atoms with Gasteiger partial charge in [0.05, 0.1) is 4.90 Å². The largest absolute Gasteiger partial charge is 0.329 e. The number of nitrogens with two attached hydrogens (primary N) is 1. The molecule has 0 heterocycles. The highest BCUT2D eigenvalue weighted by molar-refractivity contribution is 9.10. The zero-order chi connectivity index (χ0) is 13.6. The van der Waals surface area contributed by atoms with E-state index < -0.39 is 10.0 Å². The van der Waals surface area contributed by atoms with Gasteiger partial charge < -0.3 is 5.73 Å². The average Bonchev–Trinajstić information content (AvgIpc) is 2.34. The molecule has 0 bridgehead atoms. The highest BCUT2D eigenvalue weighted by Crippen LogP contribution is 2.16. The van der Waals surface area contributed by atoms with Crippen molar-refractivity contribution >= 4 is 26.0 Å². The van der Waals surface area contributed by atoms with Gasteiger partial charge >= 0.3 is 0 Å². The van der Waals surface area contributed by atoms with Crippen molar-refractivity contribution < 1.29 is 8.42 Å². The SMILES string of the molecule is CCCCC(CN)NS(=O)(=O)c1cccc(Br)c1. The molecule has 0 spiro atoms. The maximum Gasteiger partial charge on any atom is 0.240 e. The third-order valence-electron chi connectivity index (χ3n) is 2.62. The normalized spacial score (nSPS) is 13.5. The number of halogens is 1. The Morgan fingerprint density at radius 1 is 1.44 bits per heavy atom. The van der Waals surface area contributed by atoms with E-state index in [0.717, 1.165) is 23.7 Å². The van der Waals surface area contributed by atoms with Crippen molar-refractivity contribution in [3.05, 3.63) is 28.7 Å². The van der Waals surface area contributed by atoms with Crippen molar-refractivity contribution in [1.29, 1.82) is 0 Å². The minimum absolute atomic E-state index is 0.200. The maximum atomic E-state index is 12.1. The van der Waals surface area contributed by atoms with E-state index in [1.54, 1.807) is 24.3 Å². The van der Waals surface area contributed by atoms with Gasteiger partial charge in [0.1, 0.15) is 0 Å². The minimum atomic E-state index is -3.48. The third-order valence-corrected chi connectivity index (χ3v) is 4.63. The van der Waals surface area contributed by atoms with Crippen molar-refractivity contribution in [3.63, 3.8) is 0 Å². The summed E-state index contributed by atoms with van der Waals surface area (Å²) in [5.41, 5.74) is 5.59. The van der Waals surface area contributed by atoms with Crippen LogP contribution >= 0.6 is 15.9 Å².